The summed E-state index contributed by atoms with van der Waals surface area (Å²) in [5.74, 6) is 0.141. The molecule has 0 spiro atoms. The minimum Gasteiger partial charge on any atom is -0.489 e. The molecule has 2 rings (SSSR count). The van der Waals surface area contributed by atoms with Crippen LogP contribution in [0.4, 0.5) is 13.2 Å². The monoisotopic (exact) mass is 450 g/mol. The van der Waals surface area contributed by atoms with Crippen LogP contribution in [0.25, 0.3) is 5.57 Å². The zero-order valence-corrected chi connectivity index (χ0v) is 17.6. The van der Waals surface area contributed by atoms with Gasteiger partial charge in [-0.3, -0.25) is 0 Å². The number of alkyl halides is 3. The summed E-state index contributed by atoms with van der Waals surface area (Å²) in [4.78, 5) is 0. The first-order chi connectivity index (χ1) is 14.6. The molecule has 0 saturated heterocycles. The van der Waals surface area contributed by atoms with E-state index in [1.165, 1.54) is 12.1 Å². The van der Waals surface area contributed by atoms with Gasteiger partial charge in [0.05, 0.1) is 0 Å². The lowest BCUT2D eigenvalue weighted by Crippen LogP contribution is -2.28. The Kier molecular flexibility index (Phi) is 7.51. The summed E-state index contributed by atoms with van der Waals surface area (Å²) in [6, 6.07) is 5.26. The van der Waals surface area contributed by atoms with Gasteiger partial charge in [-0.1, -0.05) is 62.2 Å². The molecule has 0 atom stereocenters. The first-order valence-corrected chi connectivity index (χ1v) is 10.4. The Balaban J connectivity index is 2.65. The number of hydrogen-bond donors (Lipinski definition) is 0. The van der Waals surface area contributed by atoms with E-state index in [-0.39, 0.29) is 6.61 Å². The van der Waals surface area contributed by atoms with E-state index in [2.05, 4.69) is 23.9 Å². The molecule has 0 bridgehead atoms. The van der Waals surface area contributed by atoms with Crippen LogP contribution in [0.15, 0.2) is 103 Å². The van der Waals surface area contributed by atoms with Gasteiger partial charge >= 0.3 is 15.6 Å². The molecule has 1 aromatic carbocycles. The van der Waals surface area contributed by atoms with Crippen LogP contribution in [0, 0.1) is 0 Å². The fourth-order valence-corrected chi connectivity index (χ4v) is 3.39. The molecule has 1 heterocycles. The maximum absolute atomic E-state index is 12.6. The fraction of sp³-hybridized carbons (Fsp3) is 0.130. The van der Waals surface area contributed by atoms with Crippen LogP contribution in [0.1, 0.15) is 12.5 Å². The van der Waals surface area contributed by atoms with Crippen molar-refractivity contribution in [3.8, 4) is 5.75 Å². The average Bonchev–Trinajstić information content (AvgIpc) is 2.71. The molecule has 31 heavy (non-hydrogen) atoms. The molecule has 0 amide bonds. The van der Waals surface area contributed by atoms with Crippen molar-refractivity contribution in [1.82, 2.24) is 0 Å². The van der Waals surface area contributed by atoms with Crippen molar-refractivity contribution in [3.63, 3.8) is 0 Å². The minimum absolute atomic E-state index is 0.218. The normalized spacial score (nSPS) is 18.0. The highest BCUT2D eigenvalue weighted by Crippen LogP contribution is 2.40. The topological polar surface area (TPSA) is 52.6 Å². The van der Waals surface area contributed by atoms with E-state index >= 15 is 0 Å². The second-order valence-electron chi connectivity index (χ2n) is 6.18. The minimum atomic E-state index is -5.76. The number of benzene rings is 1. The van der Waals surface area contributed by atoms with Crippen LogP contribution in [0.5, 0.6) is 5.75 Å². The van der Waals surface area contributed by atoms with Gasteiger partial charge in [-0.05, 0) is 41.8 Å². The van der Waals surface area contributed by atoms with E-state index in [4.69, 9.17) is 4.74 Å². The van der Waals surface area contributed by atoms with E-state index in [1.54, 1.807) is 36.5 Å². The van der Waals surface area contributed by atoms with Crippen molar-refractivity contribution in [2.75, 3.05) is 6.61 Å². The van der Waals surface area contributed by atoms with Crippen LogP contribution in [-0.4, -0.2) is 20.5 Å². The van der Waals surface area contributed by atoms with Crippen molar-refractivity contribution in [1.29, 1.82) is 0 Å². The lowest BCUT2D eigenvalue weighted by atomic mass is 9.86. The second-order valence-corrected chi connectivity index (χ2v) is 7.72. The summed E-state index contributed by atoms with van der Waals surface area (Å²) in [7, 11) is -5.76. The molecule has 1 aliphatic rings. The van der Waals surface area contributed by atoms with E-state index < -0.39 is 21.4 Å². The molecule has 8 heteroatoms. The zero-order chi connectivity index (χ0) is 23.2. The predicted octanol–water partition coefficient (Wildman–Crippen LogP) is 6.01. The zero-order valence-electron chi connectivity index (χ0n) is 16.8. The molecule has 1 aromatic rings. The fourth-order valence-electron chi connectivity index (χ4n) is 2.94. The summed E-state index contributed by atoms with van der Waals surface area (Å²) < 4.78 is 70.3. The third-order valence-electron chi connectivity index (χ3n) is 4.25. The highest BCUT2D eigenvalue weighted by Gasteiger charge is 2.48. The smallest absolute Gasteiger partial charge is 0.489 e. The van der Waals surface area contributed by atoms with Gasteiger partial charge in [0.25, 0.3) is 0 Å². The summed E-state index contributed by atoms with van der Waals surface area (Å²) in [5, 5.41) is 0. The summed E-state index contributed by atoms with van der Waals surface area (Å²) in [5.41, 5.74) is -1.96. The van der Waals surface area contributed by atoms with Gasteiger partial charge in [0.1, 0.15) is 18.1 Å². The Morgan fingerprint density at radius 1 is 1.13 bits per heavy atom. The van der Waals surface area contributed by atoms with Crippen LogP contribution in [0.3, 0.4) is 0 Å². The Morgan fingerprint density at radius 3 is 2.26 bits per heavy atom. The number of allylic oxidation sites excluding steroid dienone is 7. The first kappa shape index (κ1) is 24.0. The third-order valence-corrected chi connectivity index (χ3v) is 5.23. The van der Waals surface area contributed by atoms with Gasteiger partial charge in [-0.15, -0.1) is 0 Å². The molecular weight excluding hydrogens is 429 g/mol. The lowest BCUT2D eigenvalue weighted by molar-refractivity contribution is -0.0500. The maximum Gasteiger partial charge on any atom is 0.534 e. The quantitative estimate of drug-likeness (QED) is 0.290. The average molecular weight is 450 g/mol. The van der Waals surface area contributed by atoms with Crippen molar-refractivity contribution in [3.05, 3.63) is 109 Å². The highest BCUT2D eigenvalue weighted by molar-refractivity contribution is 7.88. The summed E-state index contributed by atoms with van der Waals surface area (Å²) >= 11 is 0. The Bertz CT molecular complexity index is 1100. The van der Waals surface area contributed by atoms with E-state index in [0.29, 0.717) is 16.9 Å². The standard InChI is InChI=1S/C23H21F3O4S/c1-5-9-16(7-3)20-15-29-21(8-4)19(10-6-2)22(20)17-11-13-18(14-12-17)30-31(27,28)23(24,25)26/h5-14H,1-3,15H2,4H3/b16-9+,19-10+,21-8+. The van der Waals surface area contributed by atoms with Crippen molar-refractivity contribution < 1.29 is 30.5 Å². The van der Waals surface area contributed by atoms with Gasteiger partial charge < -0.3 is 8.92 Å². The van der Waals surface area contributed by atoms with Gasteiger partial charge in [-0.2, -0.15) is 21.6 Å². The van der Waals surface area contributed by atoms with E-state index in [9.17, 15) is 21.6 Å². The van der Waals surface area contributed by atoms with Gasteiger partial charge in [0.2, 0.25) is 0 Å². The third kappa shape index (κ3) is 5.27. The molecule has 0 fully saturated rings. The van der Waals surface area contributed by atoms with Crippen molar-refractivity contribution >= 4 is 15.7 Å². The summed E-state index contributed by atoms with van der Waals surface area (Å²) in [6.45, 7) is 13.3. The number of ether oxygens (including phenoxy) is 1. The van der Waals surface area contributed by atoms with Crippen LogP contribution < -0.4 is 4.18 Å². The molecular formula is C23H21F3O4S. The molecule has 0 saturated carbocycles. The molecule has 0 aliphatic carbocycles. The molecule has 0 radical (unpaired) electrons. The van der Waals surface area contributed by atoms with E-state index in [1.807, 2.05) is 6.92 Å². The maximum atomic E-state index is 12.6. The SMILES string of the molecule is C=C/C=C1C(c2ccc(OS(=O)(=O)C(F)(F)F)cc2)=C(/C(C=C)=C/C=C)COC/1=C/C. The van der Waals surface area contributed by atoms with Gasteiger partial charge in [0.15, 0.2) is 0 Å². The molecule has 0 aromatic heterocycles. The van der Waals surface area contributed by atoms with Crippen molar-refractivity contribution in [2.24, 2.45) is 0 Å². The first-order valence-electron chi connectivity index (χ1n) is 9.02. The Hall–Kier alpha value is -3.26. The predicted molar refractivity (Wildman–Crippen MR) is 115 cm³/mol. The van der Waals surface area contributed by atoms with Crippen LogP contribution in [-0.2, 0) is 14.9 Å². The number of hydrogen-bond acceptors (Lipinski definition) is 4. The van der Waals surface area contributed by atoms with Gasteiger partial charge in [0, 0.05) is 11.1 Å². The largest absolute Gasteiger partial charge is 0.534 e. The van der Waals surface area contributed by atoms with Crippen LogP contribution >= 0.6 is 0 Å². The molecule has 164 valence electrons. The highest BCUT2D eigenvalue weighted by atomic mass is 32.2. The molecule has 1 aliphatic heterocycles. The number of halogens is 3. The molecule has 0 N–H and O–H groups in total. The molecule has 0 unspecified atom stereocenters. The van der Waals surface area contributed by atoms with Crippen LogP contribution in [0.2, 0.25) is 0 Å². The lowest BCUT2D eigenvalue weighted by Gasteiger charge is -2.27. The number of rotatable bonds is 7. The van der Waals surface area contributed by atoms with Crippen molar-refractivity contribution in [2.45, 2.75) is 12.4 Å². The van der Waals surface area contributed by atoms with Gasteiger partial charge in [-0.25, -0.2) is 0 Å². The summed E-state index contributed by atoms with van der Waals surface area (Å²) in [6.07, 6.45) is 10.1. The van der Waals surface area contributed by atoms with E-state index in [0.717, 1.165) is 28.9 Å². The molecule has 4 nitrogen and oxygen atoms in total. The Morgan fingerprint density at radius 2 is 1.77 bits per heavy atom. The second kappa shape index (κ2) is 9.70. The Labute approximate surface area is 179 Å².